The topological polar surface area (TPSA) is 51.2 Å². The summed E-state index contributed by atoms with van der Waals surface area (Å²) in [4.78, 5) is 4.51. The number of hydrogen-bond donors (Lipinski definition) is 1. The van der Waals surface area contributed by atoms with Crippen LogP contribution in [0, 0.1) is 0 Å². The maximum atomic E-state index is 5.56. The van der Waals surface area contributed by atoms with Gasteiger partial charge in [0.25, 0.3) is 0 Å². The number of aromatic nitrogens is 1. The molecule has 2 aromatic heterocycles. The van der Waals surface area contributed by atoms with Gasteiger partial charge in [0.1, 0.15) is 18.1 Å². The largest absolute Gasteiger partial charge is 0.463 e. The van der Waals surface area contributed by atoms with Gasteiger partial charge in [-0.25, -0.2) is 4.98 Å². The number of para-hydroxylation sites is 1. The highest BCUT2D eigenvalue weighted by molar-refractivity contribution is 5.91. The van der Waals surface area contributed by atoms with Crippen LogP contribution in [0.15, 0.2) is 45.6 Å². The summed E-state index contributed by atoms with van der Waals surface area (Å²) in [7, 11) is 0. The Morgan fingerprint density at radius 3 is 2.95 bits per heavy atom. The highest BCUT2D eigenvalue weighted by Crippen LogP contribution is 2.29. The van der Waals surface area contributed by atoms with E-state index in [1.54, 1.807) is 12.5 Å². The van der Waals surface area contributed by atoms with E-state index < -0.39 is 0 Å². The van der Waals surface area contributed by atoms with E-state index in [-0.39, 0.29) is 0 Å². The molecular weight excluding hydrogens is 240 g/mol. The molecule has 1 aliphatic rings. The van der Waals surface area contributed by atoms with E-state index in [1.807, 2.05) is 24.3 Å². The lowest BCUT2D eigenvalue weighted by molar-refractivity contribution is 0.566. The second-order valence-corrected chi connectivity index (χ2v) is 4.94. The summed E-state index contributed by atoms with van der Waals surface area (Å²) < 4.78 is 11.1. The molecular formula is C15H14N2O2. The second-order valence-electron chi connectivity index (χ2n) is 4.94. The first kappa shape index (κ1) is 10.8. The number of nitrogens with zero attached hydrogens (tertiary/aromatic N) is 1. The van der Waals surface area contributed by atoms with Gasteiger partial charge >= 0.3 is 0 Å². The van der Waals surface area contributed by atoms with Crippen molar-refractivity contribution in [3.05, 3.63) is 42.5 Å². The van der Waals surface area contributed by atoms with Crippen LogP contribution >= 0.6 is 0 Å². The van der Waals surface area contributed by atoms with E-state index in [1.165, 1.54) is 12.8 Å². The number of fused-ring (bicyclic) bond motifs is 1. The van der Waals surface area contributed by atoms with Crippen LogP contribution in [0.3, 0.4) is 0 Å². The zero-order valence-corrected chi connectivity index (χ0v) is 10.4. The monoisotopic (exact) mass is 254 g/mol. The lowest BCUT2D eigenvalue weighted by Gasteiger charge is -1.96. The summed E-state index contributed by atoms with van der Waals surface area (Å²) >= 11 is 0. The fourth-order valence-corrected chi connectivity index (χ4v) is 2.19. The molecule has 3 aromatic rings. The number of rotatable bonds is 4. The van der Waals surface area contributed by atoms with Crippen molar-refractivity contribution in [2.75, 3.05) is 0 Å². The van der Waals surface area contributed by atoms with Gasteiger partial charge in [-0.2, -0.15) is 0 Å². The first-order chi connectivity index (χ1) is 9.40. The average molecular weight is 254 g/mol. The van der Waals surface area contributed by atoms with Gasteiger partial charge < -0.3 is 14.2 Å². The molecule has 0 amide bonds. The average Bonchev–Trinajstić information content (AvgIpc) is 3.00. The molecule has 0 unspecified atom stereocenters. The fourth-order valence-electron chi connectivity index (χ4n) is 2.19. The Labute approximate surface area is 110 Å². The number of nitrogens with one attached hydrogen (secondary N) is 1. The van der Waals surface area contributed by atoms with Gasteiger partial charge in [0.2, 0.25) is 5.89 Å². The van der Waals surface area contributed by atoms with Crippen molar-refractivity contribution in [1.29, 1.82) is 0 Å². The normalized spacial score (nSPS) is 15.2. The first-order valence-electron chi connectivity index (χ1n) is 6.54. The Morgan fingerprint density at radius 1 is 1.16 bits per heavy atom. The van der Waals surface area contributed by atoms with Gasteiger partial charge in [-0.15, -0.1) is 0 Å². The number of oxazole rings is 1. The van der Waals surface area contributed by atoms with Gasteiger partial charge in [-0.1, -0.05) is 18.2 Å². The van der Waals surface area contributed by atoms with Crippen molar-refractivity contribution in [3.63, 3.8) is 0 Å². The number of benzene rings is 1. The maximum Gasteiger partial charge on any atom is 0.230 e. The molecule has 2 heterocycles. The summed E-state index contributed by atoms with van der Waals surface area (Å²) in [6, 6.07) is 8.57. The van der Waals surface area contributed by atoms with Gasteiger partial charge in [0.05, 0.1) is 11.3 Å². The van der Waals surface area contributed by atoms with Crippen LogP contribution in [0.2, 0.25) is 0 Å². The fraction of sp³-hybridized carbons (Fsp3) is 0.267. The minimum atomic E-state index is 0.623. The Kier molecular flexibility index (Phi) is 2.42. The molecule has 1 aromatic carbocycles. The highest BCUT2D eigenvalue weighted by Gasteiger charge is 2.21. The van der Waals surface area contributed by atoms with E-state index in [9.17, 15) is 0 Å². The van der Waals surface area contributed by atoms with Gasteiger partial charge in [0, 0.05) is 18.0 Å². The van der Waals surface area contributed by atoms with Gasteiger partial charge in [-0.3, -0.25) is 0 Å². The molecule has 1 fully saturated rings. The molecule has 4 nitrogen and oxygen atoms in total. The lowest BCUT2D eigenvalue weighted by atomic mass is 10.2. The van der Waals surface area contributed by atoms with E-state index in [0.29, 0.717) is 11.9 Å². The molecule has 1 aliphatic carbocycles. The van der Waals surface area contributed by atoms with Crippen molar-refractivity contribution in [2.24, 2.45) is 0 Å². The van der Waals surface area contributed by atoms with E-state index in [4.69, 9.17) is 8.83 Å². The maximum absolute atomic E-state index is 5.56. The van der Waals surface area contributed by atoms with E-state index in [0.717, 1.165) is 28.8 Å². The predicted octanol–water partition coefficient (Wildman–Crippen LogP) is 3.34. The molecule has 0 atom stereocenters. The van der Waals surface area contributed by atoms with Crippen molar-refractivity contribution < 1.29 is 8.83 Å². The van der Waals surface area contributed by atoms with Crippen LogP contribution in [-0.4, -0.2) is 11.0 Å². The molecule has 0 spiro atoms. The van der Waals surface area contributed by atoms with Crippen molar-refractivity contribution in [1.82, 2.24) is 10.3 Å². The summed E-state index contributed by atoms with van der Waals surface area (Å²) in [6.07, 6.45) is 5.97. The van der Waals surface area contributed by atoms with Gasteiger partial charge in [-0.05, 0) is 18.9 Å². The van der Waals surface area contributed by atoms with Crippen molar-refractivity contribution in [3.8, 4) is 11.5 Å². The van der Waals surface area contributed by atoms with Crippen molar-refractivity contribution >= 4 is 11.0 Å². The Bertz CT molecular complexity index is 710. The van der Waals surface area contributed by atoms with Crippen molar-refractivity contribution in [2.45, 2.75) is 25.4 Å². The molecule has 4 heteroatoms. The third kappa shape index (κ3) is 2.04. The smallest absolute Gasteiger partial charge is 0.230 e. The van der Waals surface area contributed by atoms with Crippen LogP contribution in [-0.2, 0) is 6.54 Å². The lowest BCUT2D eigenvalue weighted by Crippen LogP contribution is -2.15. The third-order valence-corrected chi connectivity index (χ3v) is 3.41. The molecule has 1 saturated carbocycles. The summed E-state index contributed by atoms with van der Waals surface area (Å²) in [5.74, 6) is 0.623. The molecule has 1 N–H and O–H groups in total. The van der Waals surface area contributed by atoms with Crippen LogP contribution in [0.1, 0.15) is 18.5 Å². The van der Waals surface area contributed by atoms with Crippen LogP contribution in [0.4, 0.5) is 0 Å². The molecule has 0 aliphatic heterocycles. The van der Waals surface area contributed by atoms with Crippen LogP contribution < -0.4 is 5.32 Å². The van der Waals surface area contributed by atoms with E-state index in [2.05, 4.69) is 10.3 Å². The third-order valence-electron chi connectivity index (χ3n) is 3.41. The Morgan fingerprint density at radius 2 is 2.05 bits per heavy atom. The summed E-state index contributed by atoms with van der Waals surface area (Å²) in [5, 5.41) is 4.46. The van der Waals surface area contributed by atoms with Crippen LogP contribution in [0.5, 0.6) is 0 Å². The molecule has 0 radical (unpaired) electrons. The Balaban J connectivity index is 1.64. The quantitative estimate of drug-likeness (QED) is 0.775. The molecule has 4 rings (SSSR count). The zero-order chi connectivity index (χ0) is 12.7. The second kappa shape index (κ2) is 4.24. The van der Waals surface area contributed by atoms with E-state index >= 15 is 0 Å². The first-order valence-corrected chi connectivity index (χ1v) is 6.54. The molecule has 19 heavy (non-hydrogen) atoms. The predicted molar refractivity (Wildman–Crippen MR) is 71.6 cm³/mol. The minimum Gasteiger partial charge on any atom is -0.463 e. The SMILES string of the molecule is c1ccc2c(-c3nc(CNC4CC4)co3)coc2c1. The molecule has 0 bridgehead atoms. The summed E-state index contributed by atoms with van der Waals surface area (Å²) in [5.41, 5.74) is 2.70. The highest BCUT2D eigenvalue weighted by atomic mass is 16.3. The molecule has 0 saturated heterocycles. The van der Waals surface area contributed by atoms with Gasteiger partial charge in [0.15, 0.2) is 0 Å². The number of furan rings is 1. The Hall–Kier alpha value is -2.07. The zero-order valence-electron chi connectivity index (χ0n) is 10.4. The molecule has 96 valence electrons. The standard InChI is InChI=1S/C15H14N2O2/c1-2-4-14-12(3-1)13(9-18-14)15-17-11(8-19-15)7-16-10-5-6-10/h1-4,8-10,16H,5-7H2. The minimum absolute atomic E-state index is 0.623. The number of hydrogen-bond acceptors (Lipinski definition) is 4. The summed E-state index contributed by atoms with van der Waals surface area (Å²) in [6.45, 7) is 0.768. The van der Waals surface area contributed by atoms with Crippen LogP contribution in [0.25, 0.3) is 22.4 Å².